The van der Waals surface area contributed by atoms with E-state index >= 15 is 0 Å². The van der Waals surface area contributed by atoms with E-state index in [2.05, 4.69) is 4.84 Å². The van der Waals surface area contributed by atoms with Gasteiger partial charge in [0.25, 0.3) is 0 Å². The van der Waals surface area contributed by atoms with Crippen molar-refractivity contribution in [1.29, 1.82) is 0 Å². The largest absolute Gasteiger partial charge is 0.305 e. The lowest BCUT2D eigenvalue weighted by Gasteiger charge is -2.12. The van der Waals surface area contributed by atoms with Crippen molar-refractivity contribution in [2.24, 2.45) is 0 Å². The molecule has 0 radical (unpaired) electrons. The van der Waals surface area contributed by atoms with Crippen molar-refractivity contribution in [2.75, 3.05) is 14.2 Å². The number of allylic oxidation sites excluding steroid dienone is 1. The van der Waals surface area contributed by atoms with Gasteiger partial charge in [-0.1, -0.05) is 0 Å². The lowest BCUT2D eigenvalue weighted by molar-refractivity contribution is -0.165. The number of halogens is 1. The molecular weight excluding hydrogens is 173 g/mol. The molecule has 1 aliphatic carbocycles. The Kier molecular flexibility index (Phi) is 3.42. The third-order valence-corrected chi connectivity index (χ3v) is 2.27. The molecule has 1 saturated carbocycles. The van der Waals surface area contributed by atoms with Crippen LogP contribution >= 0.6 is 0 Å². The molecule has 0 aromatic heterocycles. The van der Waals surface area contributed by atoms with Gasteiger partial charge in [0, 0.05) is 7.05 Å². The van der Waals surface area contributed by atoms with Crippen molar-refractivity contribution < 1.29 is 14.0 Å². The number of carbonyl (C=O) groups excluding carboxylic acids is 1. The second-order valence-corrected chi connectivity index (χ2v) is 3.11. The van der Waals surface area contributed by atoms with Crippen LogP contribution in [0.15, 0.2) is 11.4 Å². The summed E-state index contributed by atoms with van der Waals surface area (Å²) in [6.07, 6.45) is 3.36. The number of likely N-dealkylation sites (N-methyl/N-ethyl adjacent to an activating group) is 1. The SMILES string of the molecule is CON(C)C(=O)C(F)=C1CCCC1. The zero-order valence-corrected chi connectivity index (χ0v) is 7.97. The van der Waals surface area contributed by atoms with Crippen molar-refractivity contribution in [3.05, 3.63) is 11.4 Å². The highest BCUT2D eigenvalue weighted by atomic mass is 19.1. The fourth-order valence-electron chi connectivity index (χ4n) is 1.39. The van der Waals surface area contributed by atoms with Gasteiger partial charge in [0.15, 0.2) is 5.83 Å². The highest BCUT2D eigenvalue weighted by molar-refractivity contribution is 5.91. The minimum atomic E-state index is -0.681. The lowest BCUT2D eigenvalue weighted by Crippen LogP contribution is -2.26. The fraction of sp³-hybridized carbons (Fsp3) is 0.667. The Morgan fingerprint density at radius 1 is 1.46 bits per heavy atom. The predicted octanol–water partition coefficient (Wildman–Crippen LogP) is 1.80. The summed E-state index contributed by atoms with van der Waals surface area (Å²) < 4.78 is 13.3. The second kappa shape index (κ2) is 4.37. The summed E-state index contributed by atoms with van der Waals surface area (Å²) >= 11 is 0. The molecular formula is C9H14FNO2. The molecule has 3 nitrogen and oxygen atoms in total. The Morgan fingerprint density at radius 3 is 2.46 bits per heavy atom. The fourth-order valence-corrected chi connectivity index (χ4v) is 1.39. The normalized spacial score (nSPS) is 16.1. The molecule has 0 N–H and O–H groups in total. The summed E-state index contributed by atoms with van der Waals surface area (Å²) in [6.45, 7) is 0. The van der Waals surface area contributed by atoms with Gasteiger partial charge in [0.2, 0.25) is 0 Å². The van der Waals surface area contributed by atoms with Gasteiger partial charge in [0.1, 0.15) is 0 Å². The molecule has 0 saturated heterocycles. The lowest BCUT2D eigenvalue weighted by atomic mass is 10.2. The van der Waals surface area contributed by atoms with Crippen molar-refractivity contribution >= 4 is 5.91 Å². The number of amides is 1. The Hall–Kier alpha value is -0.900. The summed E-state index contributed by atoms with van der Waals surface area (Å²) in [7, 11) is 2.74. The average molecular weight is 187 g/mol. The number of hydroxylamine groups is 2. The van der Waals surface area contributed by atoms with E-state index in [4.69, 9.17) is 0 Å². The van der Waals surface area contributed by atoms with Crippen molar-refractivity contribution in [3.8, 4) is 0 Å². The first-order valence-electron chi connectivity index (χ1n) is 4.36. The van der Waals surface area contributed by atoms with E-state index in [0.29, 0.717) is 18.4 Å². The zero-order valence-electron chi connectivity index (χ0n) is 7.97. The smallest absolute Gasteiger partial charge is 0.274 e. The van der Waals surface area contributed by atoms with Crippen LogP contribution in [0.25, 0.3) is 0 Å². The van der Waals surface area contributed by atoms with Crippen LogP contribution in [0.1, 0.15) is 25.7 Å². The summed E-state index contributed by atoms with van der Waals surface area (Å²) in [4.78, 5) is 15.8. The molecule has 1 amide bonds. The van der Waals surface area contributed by atoms with Crippen LogP contribution in [0.3, 0.4) is 0 Å². The molecule has 4 heteroatoms. The van der Waals surface area contributed by atoms with Gasteiger partial charge in [-0.2, -0.15) is 0 Å². The topological polar surface area (TPSA) is 29.5 Å². The van der Waals surface area contributed by atoms with Crippen LogP contribution in [0, 0.1) is 0 Å². The van der Waals surface area contributed by atoms with Crippen LogP contribution in [-0.4, -0.2) is 25.1 Å². The van der Waals surface area contributed by atoms with Gasteiger partial charge in [-0.3, -0.25) is 9.63 Å². The third kappa shape index (κ3) is 2.28. The van der Waals surface area contributed by atoms with E-state index in [0.717, 1.165) is 17.9 Å². The number of carbonyl (C=O) groups is 1. The van der Waals surface area contributed by atoms with Crippen LogP contribution in [0.5, 0.6) is 0 Å². The summed E-state index contributed by atoms with van der Waals surface area (Å²) in [5.41, 5.74) is 0.633. The van der Waals surface area contributed by atoms with E-state index in [9.17, 15) is 9.18 Å². The Morgan fingerprint density at radius 2 is 2.00 bits per heavy atom. The molecule has 0 heterocycles. The Balaban J connectivity index is 2.70. The van der Waals surface area contributed by atoms with E-state index in [1.165, 1.54) is 14.2 Å². The van der Waals surface area contributed by atoms with Crippen LogP contribution < -0.4 is 0 Å². The molecule has 0 bridgehead atoms. The maximum Gasteiger partial charge on any atom is 0.305 e. The molecule has 0 spiro atoms. The van der Waals surface area contributed by atoms with Crippen LogP contribution in [-0.2, 0) is 9.63 Å². The highest BCUT2D eigenvalue weighted by Gasteiger charge is 2.21. The van der Waals surface area contributed by atoms with Gasteiger partial charge < -0.3 is 0 Å². The molecule has 1 rings (SSSR count). The van der Waals surface area contributed by atoms with Crippen LogP contribution in [0.4, 0.5) is 4.39 Å². The van der Waals surface area contributed by atoms with Gasteiger partial charge in [-0.15, -0.1) is 0 Å². The zero-order chi connectivity index (χ0) is 9.84. The van der Waals surface area contributed by atoms with Gasteiger partial charge >= 0.3 is 5.91 Å². The first kappa shape index (κ1) is 10.2. The first-order chi connectivity index (χ1) is 6.16. The predicted molar refractivity (Wildman–Crippen MR) is 46.4 cm³/mol. The van der Waals surface area contributed by atoms with Crippen molar-refractivity contribution in [3.63, 3.8) is 0 Å². The molecule has 1 fully saturated rings. The van der Waals surface area contributed by atoms with Gasteiger partial charge in [0.05, 0.1) is 7.11 Å². The Labute approximate surface area is 77.1 Å². The summed E-state index contributed by atoms with van der Waals surface area (Å²) in [5.74, 6) is -1.32. The number of hydrogen-bond donors (Lipinski definition) is 0. The maximum atomic E-state index is 13.3. The molecule has 1 aliphatic rings. The van der Waals surface area contributed by atoms with E-state index in [1.807, 2.05) is 0 Å². The highest BCUT2D eigenvalue weighted by Crippen LogP contribution is 2.28. The summed E-state index contributed by atoms with van der Waals surface area (Å²) in [6, 6.07) is 0. The second-order valence-electron chi connectivity index (χ2n) is 3.11. The molecule has 0 atom stereocenters. The first-order valence-corrected chi connectivity index (χ1v) is 4.36. The van der Waals surface area contributed by atoms with Crippen molar-refractivity contribution in [1.82, 2.24) is 5.06 Å². The standard InChI is InChI=1S/C9H14FNO2/c1-11(13-2)9(12)8(10)7-5-3-4-6-7/h3-6H2,1-2H3. The van der Waals surface area contributed by atoms with E-state index in [1.54, 1.807) is 0 Å². The third-order valence-electron chi connectivity index (χ3n) is 2.27. The molecule has 0 aromatic carbocycles. The Bertz CT molecular complexity index is 230. The average Bonchev–Trinajstić information content (AvgIpc) is 2.67. The van der Waals surface area contributed by atoms with Crippen molar-refractivity contribution in [2.45, 2.75) is 25.7 Å². The minimum Gasteiger partial charge on any atom is -0.274 e. The van der Waals surface area contributed by atoms with E-state index < -0.39 is 11.7 Å². The number of nitrogens with zero attached hydrogens (tertiary/aromatic N) is 1. The molecule has 0 aromatic rings. The van der Waals surface area contributed by atoms with Gasteiger partial charge in [-0.25, -0.2) is 9.45 Å². The van der Waals surface area contributed by atoms with Gasteiger partial charge in [-0.05, 0) is 31.3 Å². The minimum absolute atomic E-state index is 0.633. The number of rotatable bonds is 2. The van der Waals surface area contributed by atoms with Crippen LogP contribution in [0.2, 0.25) is 0 Å². The molecule has 0 unspecified atom stereocenters. The maximum absolute atomic E-state index is 13.3. The monoisotopic (exact) mass is 187 g/mol. The summed E-state index contributed by atoms with van der Waals surface area (Å²) in [5, 5.41) is 0.903. The molecule has 13 heavy (non-hydrogen) atoms. The molecule has 74 valence electrons. The quantitative estimate of drug-likeness (QED) is 0.487. The molecule has 0 aliphatic heterocycles. The van der Waals surface area contributed by atoms with E-state index in [-0.39, 0.29) is 0 Å². The number of hydrogen-bond acceptors (Lipinski definition) is 2.